The highest BCUT2D eigenvalue weighted by Crippen LogP contribution is 2.32. The molecule has 6 heteroatoms. The van der Waals surface area contributed by atoms with Gasteiger partial charge in [-0.05, 0) is 62.3 Å². The van der Waals surface area contributed by atoms with Crippen LogP contribution in [0.15, 0.2) is 48.5 Å². The van der Waals surface area contributed by atoms with E-state index in [4.69, 9.17) is 15.0 Å². The topological polar surface area (TPSA) is 52.4 Å². The Balaban J connectivity index is 0.00000289. The zero-order chi connectivity index (χ0) is 21.8. The number of benzene rings is 2. The Morgan fingerprint density at radius 3 is 2.56 bits per heavy atom. The number of likely N-dealkylation sites (N-methyl/N-ethyl adjacent to an activating group) is 1. The van der Waals surface area contributed by atoms with E-state index in [2.05, 4.69) is 48.8 Å². The van der Waals surface area contributed by atoms with Gasteiger partial charge in [-0.2, -0.15) is 5.26 Å². The number of nitriles is 1. The van der Waals surface area contributed by atoms with Crippen LogP contribution in [-0.2, 0) is 6.61 Å². The van der Waals surface area contributed by atoms with Crippen LogP contribution in [-0.4, -0.2) is 42.1 Å². The molecule has 1 aromatic heterocycles. The second-order valence-corrected chi connectivity index (χ2v) is 8.17. The summed E-state index contributed by atoms with van der Waals surface area (Å²) in [6.07, 6.45) is 1.20. The smallest absolute Gasteiger partial charge is 0.122 e. The van der Waals surface area contributed by atoms with Gasteiger partial charge in [-0.15, -0.1) is 12.4 Å². The van der Waals surface area contributed by atoms with Crippen LogP contribution in [0.2, 0.25) is 0 Å². The number of ether oxygens (including phenoxy) is 1. The van der Waals surface area contributed by atoms with Crippen molar-refractivity contribution in [1.29, 1.82) is 5.26 Å². The van der Waals surface area contributed by atoms with Gasteiger partial charge < -0.3 is 9.64 Å². The molecule has 4 rings (SSSR count). The van der Waals surface area contributed by atoms with Crippen LogP contribution in [0.1, 0.15) is 37.1 Å². The van der Waals surface area contributed by atoms with Gasteiger partial charge in [0.2, 0.25) is 0 Å². The van der Waals surface area contributed by atoms with Crippen LogP contribution < -0.4 is 9.64 Å². The summed E-state index contributed by atoms with van der Waals surface area (Å²) in [7, 11) is 0. The number of halogens is 1. The van der Waals surface area contributed by atoms with Crippen molar-refractivity contribution in [3.05, 3.63) is 65.4 Å². The maximum Gasteiger partial charge on any atom is 0.122 e. The lowest BCUT2D eigenvalue weighted by molar-refractivity contribution is 0.232. The van der Waals surface area contributed by atoms with E-state index in [1.165, 1.54) is 17.5 Å². The van der Waals surface area contributed by atoms with Gasteiger partial charge in [-0.1, -0.05) is 26.0 Å². The van der Waals surface area contributed by atoms with Gasteiger partial charge in [0, 0.05) is 42.0 Å². The van der Waals surface area contributed by atoms with Crippen molar-refractivity contribution < 1.29 is 4.74 Å². The van der Waals surface area contributed by atoms with E-state index in [0.717, 1.165) is 48.7 Å². The Hall–Kier alpha value is -2.81. The monoisotopic (exact) mass is 450 g/mol. The Bertz CT molecular complexity index is 1090. The molecule has 168 valence electrons. The Kier molecular flexibility index (Phi) is 7.95. The van der Waals surface area contributed by atoms with E-state index in [0.29, 0.717) is 18.2 Å². The molecule has 0 saturated carbocycles. The van der Waals surface area contributed by atoms with E-state index < -0.39 is 0 Å². The molecule has 0 spiro atoms. The second kappa shape index (κ2) is 10.7. The molecular formula is C26H31ClN4O. The zero-order valence-electron chi connectivity index (χ0n) is 19.0. The summed E-state index contributed by atoms with van der Waals surface area (Å²) >= 11 is 0. The summed E-state index contributed by atoms with van der Waals surface area (Å²) in [5.41, 5.74) is 4.97. The first-order valence-electron chi connectivity index (χ1n) is 11.1. The Morgan fingerprint density at radius 1 is 1.12 bits per heavy atom. The summed E-state index contributed by atoms with van der Waals surface area (Å²) < 4.78 is 6.01. The van der Waals surface area contributed by atoms with E-state index in [1.807, 2.05) is 36.4 Å². The number of nitrogens with zero attached hydrogens (tertiary/aromatic N) is 4. The number of hydrogen-bond donors (Lipinski definition) is 0. The van der Waals surface area contributed by atoms with Crippen molar-refractivity contribution in [3.63, 3.8) is 0 Å². The fourth-order valence-electron chi connectivity index (χ4n) is 4.51. The molecule has 5 nitrogen and oxygen atoms in total. The van der Waals surface area contributed by atoms with Crippen LogP contribution in [0.25, 0.3) is 10.9 Å². The SMILES string of the molecule is CCN(CC)C1CCN(c2cc(C)nc3cc(OCc4ccc(C#N)cc4)ccc23)C1.Cl. The van der Waals surface area contributed by atoms with Gasteiger partial charge in [0.15, 0.2) is 0 Å². The standard InChI is InChI=1S/C26H30N4O.ClH/c1-4-29(5-2)22-12-13-30(17-22)26-14-19(3)28-25-15-23(10-11-24(25)26)31-18-21-8-6-20(16-27)7-9-21;/h6-11,14-15,22H,4-5,12-13,17-18H2,1-3H3;1H. The van der Waals surface area contributed by atoms with Crippen molar-refractivity contribution in [2.75, 3.05) is 31.1 Å². The van der Waals surface area contributed by atoms with E-state index >= 15 is 0 Å². The highest BCUT2D eigenvalue weighted by Gasteiger charge is 2.27. The minimum Gasteiger partial charge on any atom is -0.489 e. The van der Waals surface area contributed by atoms with Gasteiger partial charge >= 0.3 is 0 Å². The van der Waals surface area contributed by atoms with Crippen molar-refractivity contribution >= 4 is 29.0 Å². The number of pyridine rings is 1. The highest BCUT2D eigenvalue weighted by molar-refractivity contribution is 5.93. The number of rotatable bonds is 7. The number of fused-ring (bicyclic) bond motifs is 1. The van der Waals surface area contributed by atoms with Crippen LogP contribution in [0.3, 0.4) is 0 Å². The first-order valence-corrected chi connectivity index (χ1v) is 11.1. The molecule has 0 aliphatic carbocycles. The highest BCUT2D eigenvalue weighted by atomic mass is 35.5. The van der Waals surface area contributed by atoms with Gasteiger partial charge in [0.1, 0.15) is 12.4 Å². The number of aromatic nitrogens is 1. The summed E-state index contributed by atoms with van der Waals surface area (Å²) in [6.45, 7) is 11.4. The van der Waals surface area contributed by atoms with Gasteiger partial charge in [0.25, 0.3) is 0 Å². The Labute approximate surface area is 197 Å². The molecule has 2 heterocycles. The molecule has 1 aliphatic heterocycles. The first-order chi connectivity index (χ1) is 15.1. The summed E-state index contributed by atoms with van der Waals surface area (Å²) in [5, 5.41) is 10.1. The second-order valence-electron chi connectivity index (χ2n) is 8.17. The van der Waals surface area contributed by atoms with Crippen molar-refractivity contribution in [1.82, 2.24) is 9.88 Å². The molecule has 1 unspecified atom stereocenters. The van der Waals surface area contributed by atoms with Gasteiger partial charge in [-0.3, -0.25) is 9.88 Å². The van der Waals surface area contributed by atoms with Crippen LogP contribution in [0, 0.1) is 18.3 Å². The summed E-state index contributed by atoms with van der Waals surface area (Å²) in [5.74, 6) is 0.809. The quantitative estimate of drug-likeness (QED) is 0.486. The third-order valence-electron chi connectivity index (χ3n) is 6.21. The molecule has 0 amide bonds. The van der Waals surface area contributed by atoms with Crippen molar-refractivity contribution in [2.45, 2.75) is 39.8 Å². The number of anilines is 1. The third-order valence-corrected chi connectivity index (χ3v) is 6.21. The molecule has 3 aromatic rings. The fourth-order valence-corrected chi connectivity index (χ4v) is 4.51. The molecule has 0 radical (unpaired) electrons. The third kappa shape index (κ3) is 5.15. The summed E-state index contributed by atoms with van der Waals surface area (Å²) in [6, 6.07) is 18.7. The molecule has 0 bridgehead atoms. The largest absolute Gasteiger partial charge is 0.489 e. The maximum absolute atomic E-state index is 8.93. The predicted molar refractivity (Wildman–Crippen MR) is 133 cm³/mol. The van der Waals surface area contributed by atoms with E-state index in [9.17, 15) is 0 Å². The lowest BCUT2D eigenvalue weighted by Crippen LogP contribution is -2.37. The Morgan fingerprint density at radius 2 is 1.88 bits per heavy atom. The molecule has 1 saturated heterocycles. The minimum atomic E-state index is 0. The van der Waals surface area contributed by atoms with Crippen LogP contribution >= 0.6 is 12.4 Å². The lowest BCUT2D eigenvalue weighted by Gasteiger charge is -2.27. The average Bonchev–Trinajstić information content (AvgIpc) is 3.28. The van der Waals surface area contributed by atoms with Crippen molar-refractivity contribution in [3.8, 4) is 11.8 Å². The molecule has 1 fully saturated rings. The summed E-state index contributed by atoms with van der Waals surface area (Å²) in [4.78, 5) is 9.85. The number of aryl methyl sites for hydroxylation is 1. The van der Waals surface area contributed by atoms with E-state index in [1.54, 1.807) is 0 Å². The van der Waals surface area contributed by atoms with Crippen LogP contribution in [0.4, 0.5) is 5.69 Å². The predicted octanol–water partition coefficient (Wildman–Crippen LogP) is 5.34. The van der Waals surface area contributed by atoms with Crippen LogP contribution in [0.5, 0.6) is 5.75 Å². The maximum atomic E-state index is 8.93. The average molecular weight is 451 g/mol. The first kappa shape index (κ1) is 23.8. The van der Waals surface area contributed by atoms with E-state index in [-0.39, 0.29) is 12.4 Å². The van der Waals surface area contributed by atoms with Crippen molar-refractivity contribution in [2.24, 2.45) is 0 Å². The molecular weight excluding hydrogens is 420 g/mol. The number of hydrogen-bond acceptors (Lipinski definition) is 5. The molecule has 2 aromatic carbocycles. The van der Waals surface area contributed by atoms with Gasteiger partial charge in [0.05, 0.1) is 17.1 Å². The minimum absolute atomic E-state index is 0. The molecule has 0 N–H and O–H groups in total. The molecule has 1 aliphatic rings. The normalized spacial score (nSPS) is 15.6. The molecule has 32 heavy (non-hydrogen) atoms. The molecule has 1 atom stereocenters. The lowest BCUT2D eigenvalue weighted by atomic mass is 10.1. The zero-order valence-corrected chi connectivity index (χ0v) is 19.9. The van der Waals surface area contributed by atoms with Gasteiger partial charge in [-0.25, -0.2) is 0 Å². The fraction of sp³-hybridized carbons (Fsp3) is 0.385.